The molecule has 0 aliphatic carbocycles. The van der Waals surface area contributed by atoms with Crippen molar-refractivity contribution in [2.75, 3.05) is 38.4 Å². The fourth-order valence-corrected chi connectivity index (χ4v) is 7.61. The van der Waals surface area contributed by atoms with E-state index in [-0.39, 0.29) is 36.8 Å². The summed E-state index contributed by atoms with van der Waals surface area (Å²) in [5.41, 5.74) is 1.16. The van der Waals surface area contributed by atoms with Crippen LogP contribution in [0.15, 0.2) is 66.7 Å². The van der Waals surface area contributed by atoms with Crippen molar-refractivity contribution in [3.05, 3.63) is 100 Å². The second-order valence-corrected chi connectivity index (χ2v) is 14.3. The van der Waals surface area contributed by atoms with Gasteiger partial charge in [0.2, 0.25) is 15.9 Å². The molecule has 0 bridgehead atoms. The normalized spacial score (nSPS) is 18.2. The first-order valence-electron chi connectivity index (χ1n) is 15.5. The van der Waals surface area contributed by atoms with Crippen LogP contribution in [-0.4, -0.2) is 82.0 Å². The summed E-state index contributed by atoms with van der Waals surface area (Å²) in [4.78, 5) is 26.7. The Hall–Kier alpha value is -3.62. The van der Waals surface area contributed by atoms with E-state index < -0.39 is 57.7 Å². The molecule has 1 aliphatic heterocycles. The molecule has 0 saturated carbocycles. The number of carbonyl (C=O) groups excluding carboxylic acids is 2. The summed E-state index contributed by atoms with van der Waals surface area (Å²) in [5, 5.41) is 8.94. The van der Waals surface area contributed by atoms with Crippen LogP contribution in [0.4, 0.5) is 19.3 Å². The minimum absolute atomic E-state index is 0.0785. The zero-order chi connectivity index (χ0) is 35.0. The molecule has 3 aromatic rings. The number of rotatable bonds is 13. The Bertz CT molecular complexity index is 1650. The molecule has 1 aliphatic rings. The molecule has 4 rings (SSSR count). The lowest BCUT2D eigenvalue weighted by Gasteiger charge is -2.41. The van der Waals surface area contributed by atoms with Gasteiger partial charge in [-0.25, -0.2) is 22.0 Å². The highest BCUT2D eigenvalue weighted by molar-refractivity contribution is 7.88. The summed E-state index contributed by atoms with van der Waals surface area (Å²) in [7, 11) is -2.50. The fourth-order valence-electron chi connectivity index (χ4n) is 6.02. The van der Waals surface area contributed by atoms with E-state index in [2.05, 4.69) is 16.0 Å². The number of sulfonamides is 1. The number of amides is 2. The third-order valence-corrected chi connectivity index (χ3v) is 9.68. The van der Waals surface area contributed by atoms with Crippen LogP contribution in [0.25, 0.3) is 0 Å². The number of hydrogen-bond donors (Lipinski definition) is 3. The van der Waals surface area contributed by atoms with Gasteiger partial charge in [-0.05, 0) is 74.2 Å². The van der Waals surface area contributed by atoms with Gasteiger partial charge in [0.15, 0.2) is 0 Å². The molecule has 14 heteroatoms. The molecule has 1 saturated heterocycles. The Labute approximate surface area is 285 Å². The second kappa shape index (κ2) is 16.7. The number of carbonyl (C=O) groups is 2. The molecule has 0 aromatic heterocycles. The number of nitrogens with zero attached hydrogens (tertiary/aromatic N) is 1. The van der Waals surface area contributed by atoms with E-state index in [4.69, 9.17) is 21.1 Å². The van der Waals surface area contributed by atoms with Crippen molar-refractivity contribution < 1.29 is 36.3 Å². The zero-order valence-electron chi connectivity index (χ0n) is 27.2. The predicted molar refractivity (Wildman–Crippen MR) is 181 cm³/mol. The topological polar surface area (TPSA) is 126 Å². The maximum atomic E-state index is 15.5. The Morgan fingerprint density at radius 2 is 1.69 bits per heavy atom. The van der Waals surface area contributed by atoms with Crippen LogP contribution < -0.4 is 16.0 Å². The lowest BCUT2D eigenvalue weighted by Crippen LogP contribution is -2.60. The maximum absolute atomic E-state index is 15.5. The minimum Gasteiger partial charge on any atom is -0.453 e. The van der Waals surface area contributed by atoms with Gasteiger partial charge in [-0.2, -0.15) is 4.31 Å². The van der Waals surface area contributed by atoms with Gasteiger partial charge in [-0.15, -0.1) is 0 Å². The van der Waals surface area contributed by atoms with E-state index in [1.54, 1.807) is 30.3 Å². The first-order valence-corrected chi connectivity index (χ1v) is 17.8. The third kappa shape index (κ3) is 9.73. The summed E-state index contributed by atoms with van der Waals surface area (Å²) < 4.78 is 67.7. The first-order chi connectivity index (χ1) is 22.8. The molecule has 2 amide bonds. The van der Waals surface area contributed by atoms with E-state index in [0.717, 1.165) is 13.4 Å². The van der Waals surface area contributed by atoms with Gasteiger partial charge in [0, 0.05) is 41.3 Å². The molecule has 10 nitrogen and oxygen atoms in total. The maximum Gasteiger partial charge on any atom is 0.407 e. The van der Waals surface area contributed by atoms with E-state index in [0.29, 0.717) is 29.2 Å². The lowest BCUT2D eigenvalue weighted by atomic mass is 9.84. The molecule has 4 atom stereocenters. The van der Waals surface area contributed by atoms with Crippen molar-refractivity contribution in [3.8, 4) is 0 Å². The van der Waals surface area contributed by atoms with Crippen LogP contribution in [0.2, 0.25) is 5.02 Å². The van der Waals surface area contributed by atoms with Crippen LogP contribution in [0.3, 0.4) is 0 Å². The number of hydrogen-bond acceptors (Lipinski definition) is 7. The summed E-state index contributed by atoms with van der Waals surface area (Å²) in [6.07, 6.45) is 0.453. The van der Waals surface area contributed by atoms with Gasteiger partial charge in [0.25, 0.3) is 0 Å². The van der Waals surface area contributed by atoms with Gasteiger partial charge >= 0.3 is 6.09 Å². The average Bonchev–Trinajstić information content (AvgIpc) is 3.02. The average molecular weight is 707 g/mol. The summed E-state index contributed by atoms with van der Waals surface area (Å²) in [6, 6.07) is 14.1. The highest BCUT2D eigenvalue weighted by Gasteiger charge is 2.38. The van der Waals surface area contributed by atoms with Crippen molar-refractivity contribution in [1.29, 1.82) is 0 Å². The van der Waals surface area contributed by atoms with Crippen LogP contribution in [0.1, 0.15) is 42.9 Å². The second-order valence-electron chi connectivity index (χ2n) is 11.9. The summed E-state index contributed by atoms with van der Waals surface area (Å²) in [5.74, 6) is -2.82. The number of nitrogens with one attached hydrogen (secondary N) is 3. The van der Waals surface area contributed by atoms with Crippen LogP contribution >= 0.6 is 11.6 Å². The van der Waals surface area contributed by atoms with Crippen molar-refractivity contribution in [2.45, 2.75) is 56.8 Å². The van der Waals surface area contributed by atoms with E-state index >= 15 is 4.39 Å². The number of anilines is 1. The molecule has 0 radical (unpaired) electrons. The number of ether oxygens (including phenoxy) is 2. The summed E-state index contributed by atoms with van der Waals surface area (Å²) >= 11 is 6.29. The SMILES string of the molecule is COC(=O)NC(C(=O)Nc1cccc(F)c1CC[C@H]1CNCC(COC(C)C)N1S(C)(=O)=O)C(c1cccc(F)c1)c1cccc(Cl)c1. The largest absolute Gasteiger partial charge is 0.453 e. The van der Waals surface area contributed by atoms with Gasteiger partial charge in [-0.1, -0.05) is 41.9 Å². The van der Waals surface area contributed by atoms with E-state index in [9.17, 15) is 22.4 Å². The van der Waals surface area contributed by atoms with Gasteiger partial charge in [-0.3, -0.25) is 4.79 Å². The quantitative estimate of drug-likeness (QED) is 0.227. The molecule has 48 heavy (non-hydrogen) atoms. The Kier molecular flexibility index (Phi) is 12.9. The van der Waals surface area contributed by atoms with Gasteiger partial charge in [0.05, 0.1) is 32.1 Å². The molecular weight excluding hydrogens is 666 g/mol. The Morgan fingerprint density at radius 3 is 2.33 bits per heavy atom. The van der Waals surface area contributed by atoms with Crippen molar-refractivity contribution in [2.24, 2.45) is 0 Å². The molecule has 1 heterocycles. The monoisotopic (exact) mass is 706 g/mol. The fraction of sp³-hybridized carbons (Fsp3) is 0.412. The molecular formula is C34H41ClF2N4O6S. The predicted octanol–water partition coefficient (Wildman–Crippen LogP) is 5.07. The van der Waals surface area contributed by atoms with Crippen LogP contribution in [-0.2, 0) is 30.7 Å². The van der Waals surface area contributed by atoms with Crippen molar-refractivity contribution >= 4 is 39.3 Å². The van der Waals surface area contributed by atoms with Crippen LogP contribution in [0, 0.1) is 11.6 Å². The molecule has 3 aromatic carbocycles. The van der Waals surface area contributed by atoms with Gasteiger partial charge in [0.1, 0.15) is 17.7 Å². The summed E-state index contributed by atoms with van der Waals surface area (Å²) in [6.45, 7) is 4.69. The molecule has 1 fully saturated rings. The van der Waals surface area contributed by atoms with E-state index in [1.807, 2.05) is 13.8 Å². The standard InChI is InChI=1S/C34H41ClF2N4O6S/c1-21(2)47-20-27-19-38-18-26(41(27)48(4,44)45)14-15-28-29(37)12-7-13-30(28)39-33(42)32(40-34(43)46-3)31(22-8-5-10-24(35)16-22)23-9-6-11-25(36)17-23/h5-13,16-17,21,26-27,31-32,38H,14-15,18-20H2,1-4H3,(H,39,42)(H,40,43)/t26-,27?,31?,32?/m0/s1. The van der Waals surface area contributed by atoms with E-state index in [1.165, 1.54) is 40.7 Å². The first kappa shape index (κ1) is 37.2. The number of halogens is 3. The van der Waals surface area contributed by atoms with Gasteiger partial charge < -0.3 is 25.4 Å². The minimum atomic E-state index is -3.65. The molecule has 260 valence electrons. The molecule has 3 unspecified atom stereocenters. The highest BCUT2D eigenvalue weighted by atomic mass is 35.5. The number of piperazine rings is 1. The third-order valence-electron chi connectivity index (χ3n) is 8.08. The number of alkyl carbamates (subject to hydrolysis) is 1. The Balaban J connectivity index is 1.66. The number of benzene rings is 3. The molecule has 0 spiro atoms. The smallest absolute Gasteiger partial charge is 0.407 e. The highest BCUT2D eigenvalue weighted by Crippen LogP contribution is 2.32. The lowest BCUT2D eigenvalue weighted by molar-refractivity contribution is -0.118. The van der Waals surface area contributed by atoms with Crippen molar-refractivity contribution in [3.63, 3.8) is 0 Å². The zero-order valence-corrected chi connectivity index (χ0v) is 28.8. The Morgan fingerprint density at radius 1 is 1.02 bits per heavy atom. The van der Waals surface area contributed by atoms with Crippen molar-refractivity contribution in [1.82, 2.24) is 14.9 Å². The molecule has 3 N–H and O–H groups in total. The number of methoxy groups -OCH3 is 1. The van der Waals surface area contributed by atoms with Crippen LogP contribution in [0.5, 0.6) is 0 Å².